The van der Waals surface area contributed by atoms with Gasteiger partial charge in [0.2, 0.25) is 0 Å². The number of carbonyl (C=O) groups excluding carboxylic acids is 2. The van der Waals surface area contributed by atoms with E-state index in [1.165, 1.54) is 10.5 Å². The molecule has 3 amide bonds. The summed E-state index contributed by atoms with van der Waals surface area (Å²) in [5, 5.41) is 0. The van der Waals surface area contributed by atoms with Gasteiger partial charge in [-0.1, -0.05) is 48.5 Å². The molecular weight excluding hydrogens is 364 g/mol. The summed E-state index contributed by atoms with van der Waals surface area (Å²) in [6, 6.07) is 18.9. The molecule has 3 aromatic rings. The molecule has 2 aromatic carbocycles. The minimum absolute atomic E-state index is 0.0692. The van der Waals surface area contributed by atoms with Gasteiger partial charge in [0.1, 0.15) is 0 Å². The number of nitrogens with zero attached hydrogens (tertiary/aromatic N) is 4. The Morgan fingerprint density at radius 3 is 2.45 bits per heavy atom. The molecule has 0 radical (unpaired) electrons. The van der Waals surface area contributed by atoms with Crippen LogP contribution in [0.1, 0.15) is 28.5 Å². The first-order valence-corrected chi connectivity index (χ1v) is 9.87. The lowest BCUT2D eigenvalue weighted by molar-refractivity contribution is 0.0821. The molecule has 1 fully saturated rings. The van der Waals surface area contributed by atoms with Crippen LogP contribution in [0.4, 0.5) is 4.79 Å². The molecule has 0 aliphatic carbocycles. The summed E-state index contributed by atoms with van der Waals surface area (Å²) in [6.07, 6.45) is 4.47. The Morgan fingerprint density at radius 2 is 1.76 bits per heavy atom. The van der Waals surface area contributed by atoms with E-state index < -0.39 is 0 Å². The summed E-state index contributed by atoms with van der Waals surface area (Å²) in [6.45, 7) is 3.64. The Balaban J connectivity index is 1.46. The summed E-state index contributed by atoms with van der Waals surface area (Å²) >= 11 is 0. The molecule has 4 rings (SSSR count). The molecule has 0 bridgehead atoms. The van der Waals surface area contributed by atoms with Gasteiger partial charge in [-0.3, -0.25) is 9.69 Å². The minimum Gasteiger partial charge on any atom is -0.333 e. The number of hydrogen-bond donors (Lipinski definition) is 0. The molecule has 1 aliphatic heterocycles. The van der Waals surface area contributed by atoms with E-state index in [0.29, 0.717) is 25.1 Å². The Morgan fingerprint density at radius 1 is 1.07 bits per heavy atom. The molecule has 1 atom stereocenters. The normalized spacial score (nSPS) is 16.4. The number of carbonyl (C=O) groups is 2. The molecule has 29 heavy (non-hydrogen) atoms. The molecular formula is C23H24N4O2. The second-order valence-electron chi connectivity index (χ2n) is 7.23. The number of rotatable bonds is 6. The van der Waals surface area contributed by atoms with Crippen molar-refractivity contribution < 1.29 is 9.59 Å². The van der Waals surface area contributed by atoms with Crippen LogP contribution in [0, 0.1) is 0 Å². The molecule has 0 unspecified atom stereocenters. The first-order chi connectivity index (χ1) is 14.2. The topological polar surface area (TPSA) is 58.4 Å². The van der Waals surface area contributed by atoms with Gasteiger partial charge in [-0.05, 0) is 24.6 Å². The van der Waals surface area contributed by atoms with Crippen LogP contribution >= 0.6 is 0 Å². The lowest BCUT2D eigenvalue weighted by Crippen LogP contribution is -2.37. The van der Waals surface area contributed by atoms with Gasteiger partial charge in [-0.25, -0.2) is 9.78 Å². The van der Waals surface area contributed by atoms with E-state index in [4.69, 9.17) is 0 Å². The minimum atomic E-state index is -0.244. The number of urea groups is 1. The van der Waals surface area contributed by atoms with E-state index in [2.05, 4.69) is 17.1 Å². The molecule has 1 saturated heterocycles. The number of imidazole rings is 1. The highest BCUT2D eigenvalue weighted by molar-refractivity contribution is 6.05. The molecule has 0 N–H and O–H groups in total. The zero-order valence-corrected chi connectivity index (χ0v) is 16.4. The number of hydrogen-bond acceptors (Lipinski definition) is 3. The maximum absolute atomic E-state index is 12.8. The highest BCUT2D eigenvalue weighted by Crippen LogP contribution is 2.21. The van der Waals surface area contributed by atoms with Crippen molar-refractivity contribution >= 4 is 11.9 Å². The SMILES string of the molecule is CCN1C(=O)N(C(=O)c2ccccc2)C[C@@H]1Cc1cn(Cc2ccccc2)cn1. The van der Waals surface area contributed by atoms with Crippen molar-refractivity contribution in [1.82, 2.24) is 19.4 Å². The third kappa shape index (κ3) is 4.06. The van der Waals surface area contributed by atoms with E-state index in [1.54, 1.807) is 17.0 Å². The van der Waals surface area contributed by atoms with Gasteiger partial charge in [-0.2, -0.15) is 0 Å². The molecule has 2 heterocycles. The summed E-state index contributed by atoms with van der Waals surface area (Å²) in [5.74, 6) is -0.244. The Bertz CT molecular complexity index is 984. The summed E-state index contributed by atoms with van der Waals surface area (Å²) < 4.78 is 2.05. The number of benzene rings is 2. The predicted octanol–water partition coefficient (Wildman–Crippen LogP) is 3.44. The predicted molar refractivity (Wildman–Crippen MR) is 111 cm³/mol. The van der Waals surface area contributed by atoms with Crippen LogP contribution in [0.15, 0.2) is 73.2 Å². The lowest BCUT2D eigenvalue weighted by Gasteiger charge is -2.20. The fraction of sp³-hybridized carbons (Fsp3) is 0.261. The molecule has 1 aliphatic rings. The summed E-state index contributed by atoms with van der Waals surface area (Å²) in [7, 11) is 0. The first-order valence-electron chi connectivity index (χ1n) is 9.87. The third-order valence-electron chi connectivity index (χ3n) is 5.26. The van der Waals surface area contributed by atoms with Gasteiger partial charge in [0.25, 0.3) is 5.91 Å². The Hall–Kier alpha value is -3.41. The number of imide groups is 1. The van der Waals surface area contributed by atoms with Crippen LogP contribution in [0.3, 0.4) is 0 Å². The maximum atomic E-state index is 12.8. The number of amides is 3. The second kappa shape index (κ2) is 8.31. The summed E-state index contributed by atoms with van der Waals surface area (Å²) in [4.78, 5) is 33.2. The van der Waals surface area contributed by atoms with E-state index in [-0.39, 0.29) is 18.0 Å². The van der Waals surface area contributed by atoms with E-state index in [0.717, 1.165) is 12.2 Å². The average molecular weight is 388 g/mol. The van der Waals surface area contributed by atoms with Crippen molar-refractivity contribution in [3.8, 4) is 0 Å². The molecule has 1 aromatic heterocycles. The van der Waals surface area contributed by atoms with Crippen LogP contribution in [0.5, 0.6) is 0 Å². The van der Waals surface area contributed by atoms with Gasteiger partial charge >= 0.3 is 6.03 Å². The van der Waals surface area contributed by atoms with Crippen LogP contribution < -0.4 is 0 Å². The van der Waals surface area contributed by atoms with Crippen molar-refractivity contribution in [1.29, 1.82) is 0 Å². The third-order valence-corrected chi connectivity index (χ3v) is 5.26. The standard InChI is InChI=1S/C23H24N4O2/c1-2-26-21(16-27(23(26)29)22(28)19-11-7-4-8-12-19)13-20-15-25(17-24-20)14-18-9-5-3-6-10-18/h3-12,15,17,21H,2,13-14,16H2,1H3/t21-/m0/s1. The zero-order valence-electron chi connectivity index (χ0n) is 16.4. The molecule has 0 saturated carbocycles. The smallest absolute Gasteiger partial charge is 0.327 e. The largest absolute Gasteiger partial charge is 0.333 e. The fourth-order valence-electron chi connectivity index (χ4n) is 3.81. The molecule has 6 nitrogen and oxygen atoms in total. The quantitative estimate of drug-likeness (QED) is 0.650. The van der Waals surface area contributed by atoms with Gasteiger partial charge in [-0.15, -0.1) is 0 Å². The number of likely N-dealkylation sites (N-methyl/N-ethyl adjacent to an activating group) is 1. The lowest BCUT2D eigenvalue weighted by atomic mass is 10.1. The Kier molecular flexibility index (Phi) is 5.42. The first kappa shape index (κ1) is 18.9. The fourth-order valence-corrected chi connectivity index (χ4v) is 3.81. The second-order valence-corrected chi connectivity index (χ2v) is 7.23. The van der Waals surface area contributed by atoms with Crippen molar-refractivity contribution in [2.24, 2.45) is 0 Å². The zero-order chi connectivity index (χ0) is 20.2. The van der Waals surface area contributed by atoms with Gasteiger partial charge in [0.15, 0.2) is 0 Å². The average Bonchev–Trinajstić information content (AvgIpc) is 3.32. The molecule has 0 spiro atoms. The van der Waals surface area contributed by atoms with Gasteiger partial charge < -0.3 is 9.47 Å². The Labute approximate surface area is 170 Å². The highest BCUT2D eigenvalue weighted by atomic mass is 16.2. The van der Waals surface area contributed by atoms with E-state index >= 15 is 0 Å². The van der Waals surface area contributed by atoms with Crippen LogP contribution in [-0.2, 0) is 13.0 Å². The molecule has 148 valence electrons. The van der Waals surface area contributed by atoms with Crippen LogP contribution in [0.2, 0.25) is 0 Å². The monoisotopic (exact) mass is 388 g/mol. The van der Waals surface area contributed by atoms with Gasteiger partial charge in [0, 0.05) is 31.3 Å². The van der Waals surface area contributed by atoms with Crippen molar-refractivity contribution in [3.63, 3.8) is 0 Å². The summed E-state index contributed by atoms with van der Waals surface area (Å²) in [5.41, 5.74) is 2.66. The van der Waals surface area contributed by atoms with Crippen molar-refractivity contribution in [2.75, 3.05) is 13.1 Å². The van der Waals surface area contributed by atoms with E-state index in [1.807, 2.05) is 60.4 Å². The van der Waals surface area contributed by atoms with E-state index in [9.17, 15) is 9.59 Å². The molecule has 6 heteroatoms. The van der Waals surface area contributed by atoms with Crippen LogP contribution in [0.25, 0.3) is 0 Å². The van der Waals surface area contributed by atoms with Crippen LogP contribution in [-0.4, -0.2) is 50.4 Å². The van der Waals surface area contributed by atoms with Crippen molar-refractivity contribution in [3.05, 3.63) is 90.0 Å². The maximum Gasteiger partial charge on any atom is 0.327 e. The van der Waals surface area contributed by atoms with Gasteiger partial charge in [0.05, 0.1) is 24.6 Å². The van der Waals surface area contributed by atoms with Crippen molar-refractivity contribution in [2.45, 2.75) is 25.9 Å². The number of aromatic nitrogens is 2. The highest BCUT2D eigenvalue weighted by Gasteiger charge is 2.40.